The van der Waals surface area contributed by atoms with Gasteiger partial charge < -0.3 is 0 Å². The molecule has 1 aliphatic rings. The average molecular weight is 133 g/mol. The summed E-state index contributed by atoms with van der Waals surface area (Å²) in [6, 6.07) is 1.61. The van der Waals surface area contributed by atoms with Gasteiger partial charge in [-0.1, -0.05) is 0 Å². The van der Waals surface area contributed by atoms with E-state index in [9.17, 15) is 4.79 Å². The first-order valence-corrected chi connectivity index (χ1v) is 2.78. The first-order valence-electron chi connectivity index (χ1n) is 2.78. The molecule has 0 aromatic carbocycles. The molecular formula is C6H3N3O. The molecule has 0 N–H and O–H groups in total. The van der Waals surface area contributed by atoms with Crippen LogP contribution >= 0.6 is 0 Å². The molecule has 0 atom stereocenters. The number of aromatic nitrogens is 1. The number of azo groups is 1. The number of pyridine rings is 1. The molecule has 2 rings (SSSR count). The lowest BCUT2D eigenvalue weighted by Crippen LogP contribution is -1.87. The predicted molar refractivity (Wildman–Crippen MR) is 33.1 cm³/mol. The Balaban J connectivity index is 2.70. The monoisotopic (exact) mass is 133 g/mol. The minimum absolute atomic E-state index is 0.280. The number of hydrogen-bond donors (Lipinski definition) is 0. The van der Waals surface area contributed by atoms with Crippen LogP contribution < -0.4 is 0 Å². The van der Waals surface area contributed by atoms with Crippen LogP contribution in [0.25, 0.3) is 0 Å². The number of carbonyl (C=O) groups excluding carboxylic acids is 1. The van der Waals surface area contributed by atoms with Gasteiger partial charge in [0.05, 0.1) is 11.8 Å². The summed E-state index contributed by atoms with van der Waals surface area (Å²) < 4.78 is 0. The number of rotatable bonds is 0. The second kappa shape index (κ2) is 1.70. The van der Waals surface area contributed by atoms with Crippen molar-refractivity contribution in [3.05, 3.63) is 24.0 Å². The van der Waals surface area contributed by atoms with Gasteiger partial charge in [0.2, 0.25) is 0 Å². The van der Waals surface area contributed by atoms with E-state index in [-0.39, 0.29) is 5.91 Å². The summed E-state index contributed by atoms with van der Waals surface area (Å²) in [5, 5.41) is 6.94. The summed E-state index contributed by atoms with van der Waals surface area (Å²) in [6.45, 7) is 0. The fraction of sp³-hybridized carbons (Fsp3) is 0. The Morgan fingerprint density at radius 2 is 2.20 bits per heavy atom. The van der Waals surface area contributed by atoms with Crippen LogP contribution in [-0.2, 0) is 0 Å². The van der Waals surface area contributed by atoms with Crippen LogP contribution in [0.1, 0.15) is 10.4 Å². The van der Waals surface area contributed by atoms with Crippen molar-refractivity contribution in [2.24, 2.45) is 10.2 Å². The van der Waals surface area contributed by atoms with Gasteiger partial charge in [0.1, 0.15) is 5.69 Å². The highest BCUT2D eigenvalue weighted by atomic mass is 16.2. The van der Waals surface area contributed by atoms with Crippen LogP contribution in [0.4, 0.5) is 5.69 Å². The summed E-state index contributed by atoms with van der Waals surface area (Å²) in [6.07, 6.45) is 3.07. The Bertz CT molecular complexity index is 319. The Hall–Kier alpha value is -1.58. The van der Waals surface area contributed by atoms with Gasteiger partial charge in [-0.05, 0) is 6.07 Å². The number of carbonyl (C=O) groups is 1. The molecule has 4 heteroatoms. The van der Waals surface area contributed by atoms with E-state index in [1.807, 2.05) is 0 Å². The maximum atomic E-state index is 10.8. The molecule has 2 heterocycles. The van der Waals surface area contributed by atoms with E-state index >= 15 is 0 Å². The fourth-order valence-corrected chi connectivity index (χ4v) is 0.800. The molecule has 0 radical (unpaired) electrons. The minimum Gasteiger partial charge on any atom is -0.265 e. The Labute approximate surface area is 56.6 Å². The third kappa shape index (κ3) is 0.556. The van der Waals surface area contributed by atoms with Crippen LogP contribution in [-0.4, -0.2) is 10.9 Å². The Kier molecular flexibility index (Phi) is 0.887. The van der Waals surface area contributed by atoms with Crippen LogP contribution in [0.5, 0.6) is 0 Å². The molecule has 4 nitrogen and oxygen atoms in total. The largest absolute Gasteiger partial charge is 0.297 e. The zero-order valence-electron chi connectivity index (χ0n) is 4.98. The third-order valence-electron chi connectivity index (χ3n) is 1.28. The highest BCUT2D eigenvalue weighted by Crippen LogP contribution is 2.23. The number of hydrogen-bond acceptors (Lipinski definition) is 3. The van der Waals surface area contributed by atoms with Crippen molar-refractivity contribution in [1.29, 1.82) is 0 Å². The second-order valence-electron chi connectivity index (χ2n) is 1.90. The van der Waals surface area contributed by atoms with Gasteiger partial charge >= 0.3 is 0 Å². The maximum absolute atomic E-state index is 10.8. The molecule has 0 fully saturated rings. The SMILES string of the molecule is O=C1N=Nc2cnccc21. The molecule has 0 saturated carbocycles. The van der Waals surface area contributed by atoms with Crippen molar-refractivity contribution in [2.75, 3.05) is 0 Å². The van der Waals surface area contributed by atoms with E-state index in [4.69, 9.17) is 0 Å². The van der Waals surface area contributed by atoms with Crippen molar-refractivity contribution >= 4 is 11.6 Å². The number of fused-ring (bicyclic) bond motifs is 1. The van der Waals surface area contributed by atoms with Gasteiger partial charge in [0.25, 0.3) is 5.91 Å². The Morgan fingerprint density at radius 3 is 3.00 bits per heavy atom. The molecule has 1 aromatic rings. The standard InChI is InChI=1S/C6H3N3O/c10-6-4-1-2-7-3-5(4)8-9-6/h1-3H. The highest BCUT2D eigenvalue weighted by molar-refractivity contribution is 6.01. The van der Waals surface area contributed by atoms with Gasteiger partial charge in [0, 0.05) is 6.20 Å². The van der Waals surface area contributed by atoms with Crippen molar-refractivity contribution < 1.29 is 4.79 Å². The van der Waals surface area contributed by atoms with E-state index in [0.29, 0.717) is 11.3 Å². The minimum atomic E-state index is -0.280. The lowest BCUT2D eigenvalue weighted by molar-refractivity contribution is 0.100. The lowest BCUT2D eigenvalue weighted by Gasteiger charge is -1.87. The predicted octanol–water partition coefficient (Wildman–Crippen LogP) is 1.32. The van der Waals surface area contributed by atoms with Crippen molar-refractivity contribution in [1.82, 2.24) is 4.98 Å². The molecular weight excluding hydrogens is 130 g/mol. The first-order chi connectivity index (χ1) is 4.88. The van der Waals surface area contributed by atoms with Crippen LogP contribution in [0, 0.1) is 0 Å². The van der Waals surface area contributed by atoms with E-state index in [1.165, 1.54) is 6.20 Å². The molecule has 0 aliphatic carbocycles. The van der Waals surface area contributed by atoms with Gasteiger partial charge in [-0.25, -0.2) is 0 Å². The van der Waals surface area contributed by atoms with E-state index in [0.717, 1.165) is 0 Å². The highest BCUT2D eigenvalue weighted by Gasteiger charge is 2.15. The van der Waals surface area contributed by atoms with E-state index in [1.54, 1.807) is 12.3 Å². The molecule has 0 unspecified atom stereocenters. The van der Waals surface area contributed by atoms with Crippen molar-refractivity contribution in [3.63, 3.8) is 0 Å². The van der Waals surface area contributed by atoms with Crippen LogP contribution in [0.15, 0.2) is 28.7 Å². The maximum Gasteiger partial charge on any atom is 0.297 e. The zero-order valence-corrected chi connectivity index (χ0v) is 4.98. The smallest absolute Gasteiger partial charge is 0.265 e. The first kappa shape index (κ1) is 5.22. The molecule has 1 amide bonds. The fourth-order valence-electron chi connectivity index (χ4n) is 0.800. The lowest BCUT2D eigenvalue weighted by atomic mass is 10.2. The van der Waals surface area contributed by atoms with E-state index in [2.05, 4.69) is 15.2 Å². The van der Waals surface area contributed by atoms with E-state index < -0.39 is 0 Å². The molecule has 0 spiro atoms. The zero-order chi connectivity index (χ0) is 6.97. The molecule has 1 aliphatic heterocycles. The van der Waals surface area contributed by atoms with Crippen molar-refractivity contribution in [2.45, 2.75) is 0 Å². The van der Waals surface area contributed by atoms with Crippen molar-refractivity contribution in [3.8, 4) is 0 Å². The molecule has 10 heavy (non-hydrogen) atoms. The van der Waals surface area contributed by atoms with Gasteiger partial charge in [-0.2, -0.15) is 0 Å². The van der Waals surface area contributed by atoms with Gasteiger partial charge in [-0.15, -0.1) is 10.2 Å². The summed E-state index contributed by atoms with van der Waals surface area (Å²) in [5.41, 5.74) is 1.10. The average Bonchev–Trinajstić information content (AvgIpc) is 2.34. The summed E-state index contributed by atoms with van der Waals surface area (Å²) >= 11 is 0. The topological polar surface area (TPSA) is 54.7 Å². The molecule has 1 aromatic heterocycles. The Morgan fingerprint density at radius 1 is 1.30 bits per heavy atom. The van der Waals surface area contributed by atoms with Gasteiger partial charge in [-0.3, -0.25) is 9.78 Å². The van der Waals surface area contributed by atoms with Crippen LogP contribution in [0.3, 0.4) is 0 Å². The molecule has 0 bridgehead atoms. The molecule has 0 saturated heterocycles. The van der Waals surface area contributed by atoms with Crippen LogP contribution in [0.2, 0.25) is 0 Å². The number of amides is 1. The third-order valence-corrected chi connectivity index (χ3v) is 1.28. The number of nitrogens with zero attached hydrogens (tertiary/aromatic N) is 3. The summed E-state index contributed by atoms with van der Waals surface area (Å²) in [5.74, 6) is -0.280. The normalized spacial score (nSPS) is 13.8. The quantitative estimate of drug-likeness (QED) is 0.535. The summed E-state index contributed by atoms with van der Waals surface area (Å²) in [7, 11) is 0. The summed E-state index contributed by atoms with van der Waals surface area (Å²) in [4.78, 5) is 14.6. The second-order valence-corrected chi connectivity index (χ2v) is 1.90. The van der Waals surface area contributed by atoms with Gasteiger partial charge in [0.15, 0.2) is 0 Å². The molecule has 48 valence electrons.